The van der Waals surface area contributed by atoms with Gasteiger partial charge in [0.15, 0.2) is 0 Å². The van der Waals surface area contributed by atoms with Crippen molar-refractivity contribution in [2.45, 2.75) is 26.7 Å². The van der Waals surface area contributed by atoms with Gasteiger partial charge in [0.05, 0.1) is 65.5 Å². The van der Waals surface area contributed by atoms with Crippen LogP contribution < -0.4 is 10.8 Å². The minimum atomic E-state index is 0.683. The van der Waals surface area contributed by atoms with Crippen LogP contribution in [-0.2, 0) is 12.8 Å². The molecule has 0 bridgehead atoms. The molecule has 0 unspecified atom stereocenters. The number of hydrogen-bond donors (Lipinski definition) is 0. The number of halogens is 2. The molecular formula is C20H21I2N3O2. The van der Waals surface area contributed by atoms with Gasteiger partial charge < -0.3 is 9.47 Å². The molecule has 0 spiro atoms. The third kappa shape index (κ3) is 3.94. The van der Waals surface area contributed by atoms with Crippen molar-refractivity contribution < 1.29 is 9.47 Å². The van der Waals surface area contributed by atoms with E-state index in [0.29, 0.717) is 5.95 Å². The predicted molar refractivity (Wildman–Crippen MR) is 127 cm³/mol. The molecule has 0 saturated carbocycles. The van der Waals surface area contributed by atoms with E-state index >= 15 is 0 Å². The van der Waals surface area contributed by atoms with Gasteiger partial charge in [0.25, 0.3) is 0 Å². The lowest BCUT2D eigenvalue weighted by Gasteiger charge is -2.20. The lowest BCUT2D eigenvalue weighted by Crippen LogP contribution is -2.02. The van der Waals surface area contributed by atoms with Crippen LogP contribution in [0.2, 0.25) is 0 Å². The Morgan fingerprint density at radius 3 is 2.11 bits per heavy atom. The van der Waals surface area contributed by atoms with Gasteiger partial charge in [-0.2, -0.15) is 0 Å². The summed E-state index contributed by atoms with van der Waals surface area (Å²) in [5, 5.41) is 1.01. The number of benzene rings is 2. The largest absolute Gasteiger partial charge is 0.496 e. The summed E-state index contributed by atoms with van der Waals surface area (Å²) in [5.74, 6) is 2.40. The number of anilines is 1. The Morgan fingerprint density at radius 1 is 0.963 bits per heavy atom. The number of rotatable bonds is 6. The lowest BCUT2D eigenvalue weighted by atomic mass is 9.89. The predicted octanol–water partition coefficient (Wildman–Crippen LogP) is 5.95. The molecule has 2 aromatic carbocycles. The molecule has 0 aliphatic rings. The van der Waals surface area contributed by atoms with Crippen LogP contribution in [0.5, 0.6) is 11.5 Å². The molecule has 142 valence electrons. The Morgan fingerprint density at radius 2 is 1.59 bits per heavy atom. The summed E-state index contributed by atoms with van der Waals surface area (Å²) in [6.07, 6.45) is 3.63. The molecule has 0 aliphatic carbocycles. The maximum Gasteiger partial charge on any atom is 0.244 e. The van der Waals surface area contributed by atoms with Crippen LogP contribution in [0.1, 0.15) is 25.0 Å². The van der Waals surface area contributed by atoms with Crippen LogP contribution in [0.4, 0.5) is 5.95 Å². The molecule has 5 nitrogen and oxygen atoms in total. The molecule has 1 heterocycles. The number of fused-ring (bicyclic) bond motifs is 1. The van der Waals surface area contributed by atoms with Crippen molar-refractivity contribution in [3.8, 4) is 22.6 Å². The first-order chi connectivity index (χ1) is 13.0. The second-order valence-electron chi connectivity index (χ2n) is 6.00. The Balaban J connectivity index is 2.27. The SMILES string of the molecule is CCc1c(OC)cc(OC)c(CC)c1-c1ccc2nc(N(I)I)ncc2c1. The van der Waals surface area contributed by atoms with Crippen molar-refractivity contribution in [3.05, 3.63) is 41.6 Å². The van der Waals surface area contributed by atoms with E-state index in [1.165, 1.54) is 16.7 Å². The summed E-state index contributed by atoms with van der Waals surface area (Å²) in [5.41, 5.74) is 5.63. The highest BCUT2D eigenvalue weighted by Crippen LogP contribution is 2.41. The molecular weight excluding hydrogens is 568 g/mol. The first-order valence-corrected chi connectivity index (χ1v) is 10.6. The molecule has 0 radical (unpaired) electrons. The molecule has 3 aromatic rings. The molecule has 27 heavy (non-hydrogen) atoms. The zero-order valence-electron chi connectivity index (χ0n) is 15.7. The summed E-state index contributed by atoms with van der Waals surface area (Å²) in [6, 6.07) is 8.32. The van der Waals surface area contributed by atoms with E-state index in [1.54, 1.807) is 14.2 Å². The third-order valence-corrected chi connectivity index (χ3v) is 5.48. The standard InChI is InChI=1S/C20H21I2N3O2/c1-5-14-17(26-3)10-18(27-4)15(6-2)19(14)12-7-8-16-13(9-12)11-23-20(24-16)25(21)22/h7-11H,5-6H2,1-4H3. The van der Waals surface area contributed by atoms with E-state index in [0.717, 1.165) is 40.8 Å². The number of ether oxygens (including phenoxy) is 2. The Kier molecular flexibility index (Phi) is 6.61. The van der Waals surface area contributed by atoms with Gasteiger partial charge in [-0.3, -0.25) is 0 Å². The monoisotopic (exact) mass is 589 g/mol. The van der Waals surface area contributed by atoms with Crippen LogP contribution in [0.15, 0.2) is 30.5 Å². The first kappa shape index (κ1) is 20.4. The fraction of sp³-hybridized carbons (Fsp3) is 0.300. The fourth-order valence-corrected chi connectivity index (χ4v) is 3.86. The van der Waals surface area contributed by atoms with Gasteiger partial charge in [-0.1, -0.05) is 19.9 Å². The Labute approximate surface area is 187 Å². The highest BCUT2D eigenvalue weighted by atomic mass is 127. The van der Waals surface area contributed by atoms with E-state index in [1.807, 2.05) is 13.6 Å². The van der Waals surface area contributed by atoms with Crippen LogP contribution in [0, 0.1) is 0 Å². The van der Waals surface area contributed by atoms with Crippen molar-refractivity contribution in [1.29, 1.82) is 0 Å². The summed E-state index contributed by atoms with van der Waals surface area (Å²) in [6.45, 7) is 4.30. The summed E-state index contributed by atoms with van der Waals surface area (Å²) in [7, 11) is 3.41. The second-order valence-corrected chi connectivity index (χ2v) is 9.77. The third-order valence-electron chi connectivity index (χ3n) is 4.61. The number of methoxy groups -OCH3 is 2. The van der Waals surface area contributed by atoms with Crippen LogP contribution in [0.3, 0.4) is 0 Å². The van der Waals surface area contributed by atoms with Crippen molar-refractivity contribution in [2.24, 2.45) is 0 Å². The molecule has 0 aliphatic heterocycles. The molecule has 0 amide bonds. The minimum absolute atomic E-state index is 0.683. The van der Waals surface area contributed by atoms with E-state index in [2.05, 4.69) is 87.7 Å². The van der Waals surface area contributed by atoms with Crippen molar-refractivity contribution in [2.75, 3.05) is 15.5 Å². The van der Waals surface area contributed by atoms with Crippen LogP contribution >= 0.6 is 45.7 Å². The average molecular weight is 589 g/mol. The molecule has 1 aromatic heterocycles. The fourth-order valence-electron chi connectivity index (χ4n) is 3.40. The van der Waals surface area contributed by atoms with Crippen LogP contribution in [0.25, 0.3) is 22.0 Å². The van der Waals surface area contributed by atoms with Crippen molar-refractivity contribution >= 4 is 62.6 Å². The maximum atomic E-state index is 5.66. The molecule has 0 fully saturated rings. The lowest BCUT2D eigenvalue weighted by molar-refractivity contribution is 0.389. The van der Waals surface area contributed by atoms with Gasteiger partial charge in [0.2, 0.25) is 5.95 Å². The topological polar surface area (TPSA) is 47.5 Å². The zero-order valence-corrected chi connectivity index (χ0v) is 20.0. The van der Waals surface area contributed by atoms with E-state index in [4.69, 9.17) is 9.47 Å². The molecule has 7 heteroatoms. The van der Waals surface area contributed by atoms with Crippen LogP contribution in [-0.4, -0.2) is 24.2 Å². The molecule has 0 N–H and O–H groups in total. The van der Waals surface area contributed by atoms with Gasteiger partial charge in [0, 0.05) is 28.8 Å². The van der Waals surface area contributed by atoms with Gasteiger partial charge in [-0.15, -0.1) is 0 Å². The van der Waals surface area contributed by atoms with E-state index in [-0.39, 0.29) is 0 Å². The normalized spacial score (nSPS) is 10.9. The highest BCUT2D eigenvalue weighted by molar-refractivity contribution is 14.2. The maximum absolute atomic E-state index is 5.66. The second kappa shape index (κ2) is 8.76. The van der Waals surface area contributed by atoms with Gasteiger partial charge in [-0.05, 0) is 36.1 Å². The summed E-state index contributed by atoms with van der Waals surface area (Å²) in [4.78, 5) is 9.06. The highest BCUT2D eigenvalue weighted by Gasteiger charge is 2.19. The number of nitrogens with zero attached hydrogens (tertiary/aromatic N) is 3. The van der Waals surface area contributed by atoms with Crippen molar-refractivity contribution in [1.82, 2.24) is 9.97 Å². The minimum Gasteiger partial charge on any atom is -0.496 e. The van der Waals surface area contributed by atoms with Gasteiger partial charge in [-0.25, -0.2) is 11.3 Å². The quantitative estimate of drug-likeness (QED) is 0.263. The smallest absolute Gasteiger partial charge is 0.244 e. The number of hydrogen-bond acceptors (Lipinski definition) is 5. The van der Waals surface area contributed by atoms with E-state index in [9.17, 15) is 0 Å². The summed E-state index contributed by atoms with van der Waals surface area (Å²) >= 11 is 4.32. The Hall–Kier alpha value is -1.36. The van der Waals surface area contributed by atoms with Gasteiger partial charge >= 0.3 is 0 Å². The molecule has 0 atom stereocenters. The molecule has 0 saturated heterocycles. The first-order valence-electron chi connectivity index (χ1n) is 8.69. The summed E-state index contributed by atoms with van der Waals surface area (Å²) < 4.78 is 13.2. The van der Waals surface area contributed by atoms with E-state index < -0.39 is 0 Å². The number of aromatic nitrogens is 2. The van der Waals surface area contributed by atoms with Gasteiger partial charge in [0.1, 0.15) is 11.5 Å². The Bertz CT molecular complexity index is 947. The zero-order chi connectivity index (χ0) is 19.6. The average Bonchev–Trinajstić information content (AvgIpc) is 2.70. The van der Waals surface area contributed by atoms with Crippen molar-refractivity contribution in [3.63, 3.8) is 0 Å². The molecule has 3 rings (SSSR count).